The summed E-state index contributed by atoms with van der Waals surface area (Å²) in [7, 11) is 0. The fourth-order valence-electron chi connectivity index (χ4n) is 11.6. The van der Waals surface area contributed by atoms with Gasteiger partial charge < -0.3 is 4.90 Å². The van der Waals surface area contributed by atoms with Gasteiger partial charge in [-0.15, -0.1) is 0 Å². The van der Waals surface area contributed by atoms with Gasteiger partial charge in [-0.05, 0) is 136 Å². The van der Waals surface area contributed by atoms with Crippen molar-refractivity contribution in [3.8, 4) is 66.8 Å². The van der Waals surface area contributed by atoms with E-state index in [2.05, 4.69) is 302 Å². The highest BCUT2D eigenvalue weighted by molar-refractivity contribution is 6.00. The Labute approximate surface area is 422 Å². The Hall–Kier alpha value is -9.30. The first-order valence-electron chi connectivity index (χ1n) is 24.9. The van der Waals surface area contributed by atoms with Crippen LogP contribution in [0, 0.1) is 0 Å². The normalized spacial score (nSPS) is 12.3. The molecule has 1 aliphatic carbocycles. The quantitative estimate of drug-likeness (QED) is 0.132. The number of anilines is 3. The highest BCUT2D eigenvalue weighted by atomic mass is 15.1. The van der Waals surface area contributed by atoms with Crippen LogP contribution in [0.1, 0.15) is 22.3 Å². The summed E-state index contributed by atoms with van der Waals surface area (Å²) >= 11 is 0. The van der Waals surface area contributed by atoms with Crippen molar-refractivity contribution >= 4 is 27.8 Å². The van der Waals surface area contributed by atoms with Crippen molar-refractivity contribution in [3.05, 3.63) is 320 Å². The number of benzene rings is 12. The monoisotopic (exact) mass is 915 g/mol. The summed E-state index contributed by atoms with van der Waals surface area (Å²) in [5.74, 6) is 0. The second-order valence-electron chi connectivity index (χ2n) is 18.7. The van der Waals surface area contributed by atoms with Crippen LogP contribution in [0.5, 0.6) is 0 Å². The summed E-state index contributed by atoms with van der Waals surface area (Å²) in [6.45, 7) is 0. The van der Waals surface area contributed by atoms with E-state index in [1.807, 2.05) is 0 Å². The van der Waals surface area contributed by atoms with Crippen LogP contribution >= 0.6 is 0 Å². The Morgan fingerprint density at radius 1 is 0.236 bits per heavy atom. The zero-order valence-corrected chi connectivity index (χ0v) is 39.7. The average Bonchev–Trinajstić information content (AvgIpc) is 3.76. The first-order valence-corrected chi connectivity index (χ1v) is 24.9. The molecule has 0 aromatic heterocycles. The number of hydrogen-bond donors (Lipinski definition) is 0. The smallest absolute Gasteiger partial charge is 0.0714 e. The molecule has 12 aromatic carbocycles. The minimum Gasteiger partial charge on any atom is -0.310 e. The topological polar surface area (TPSA) is 3.24 Å². The van der Waals surface area contributed by atoms with E-state index in [9.17, 15) is 0 Å². The molecule has 0 saturated carbocycles. The first-order chi connectivity index (χ1) is 35.7. The van der Waals surface area contributed by atoms with Crippen LogP contribution < -0.4 is 4.90 Å². The van der Waals surface area contributed by atoms with Crippen LogP contribution in [0.3, 0.4) is 0 Å². The van der Waals surface area contributed by atoms with Crippen molar-refractivity contribution in [2.24, 2.45) is 0 Å². The molecule has 0 unspecified atom stereocenters. The van der Waals surface area contributed by atoms with Gasteiger partial charge in [-0.1, -0.05) is 261 Å². The Kier molecular flexibility index (Phi) is 10.8. The van der Waals surface area contributed by atoms with E-state index in [1.165, 1.54) is 94.2 Å². The molecule has 338 valence electrons. The van der Waals surface area contributed by atoms with Gasteiger partial charge >= 0.3 is 0 Å². The first kappa shape index (κ1) is 42.8. The third kappa shape index (κ3) is 7.25. The SMILES string of the molecule is c1ccc(-c2ccccc2-c2c(-c3ccccc3)cccc2-c2ccc(N(c3ccc(-c4cccc5ccccc45)cc3)c3ccc4c(c3)C(c3ccccc3)(c3ccccc3)c3ccccc3-4)cc2)cc1. The van der Waals surface area contributed by atoms with E-state index in [0.29, 0.717) is 0 Å². The van der Waals surface area contributed by atoms with Crippen LogP contribution in [0.15, 0.2) is 297 Å². The van der Waals surface area contributed by atoms with E-state index >= 15 is 0 Å². The predicted molar refractivity (Wildman–Crippen MR) is 303 cm³/mol. The molecule has 0 radical (unpaired) electrons. The molecule has 0 saturated heterocycles. The second kappa shape index (κ2) is 18.2. The second-order valence-corrected chi connectivity index (χ2v) is 18.7. The Balaban J connectivity index is 0.999. The largest absolute Gasteiger partial charge is 0.310 e. The third-order valence-corrected chi connectivity index (χ3v) is 14.8. The summed E-state index contributed by atoms with van der Waals surface area (Å²) in [5, 5.41) is 2.49. The Morgan fingerprint density at radius 3 is 1.26 bits per heavy atom. The minimum absolute atomic E-state index is 0.533. The van der Waals surface area contributed by atoms with Gasteiger partial charge in [-0.2, -0.15) is 0 Å². The van der Waals surface area contributed by atoms with E-state index in [0.717, 1.165) is 22.6 Å². The molecule has 72 heavy (non-hydrogen) atoms. The van der Waals surface area contributed by atoms with Crippen molar-refractivity contribution < 1.29 is 0 Å². The van der Waals surface area contributed by atoms with Gasteiger partial charge in [0.15, 0.2) is 0 Å². The van der Waals surface area contributed by atoms with E-state index in [4.69, 9.17) is 0 Å². The number of rotatable bonds is 10. The van der Waals surface area contributed by atoms with Gasteiger partial charge in [0.25, 0.3) is 0 Å². The molecule has 0 spiro atoms. The van der Waals surface area contributed by atoms with Gasteiger partial charge in [0.05, 0.1) is 5.41 Å². The van der Waals surface area contributed by atoms with Crippen LogP contribution in [0.4, 0.5) is 17.1 Å². The Bertz CT molecular complexity index is 3830. The van der Waals surface area contributed by atoms with Crippen molar-refractivity contribution in [2.75, 3.05) is 4.90 Å². The third-order valence-electron chi connectivity index (χ3n) is 14.8. The summed E-state index contributed by atoms with van der Waals surface area (Å²) in [5.41, 5.74) is 22.2. The van der Waals surface area contributed by atoms with Crippen LogP contribution in [0.2, 0.25) is 0 Å². The lowest BCUT2D eigenvalue weighted by Gasteiger charge is -2.35. The van der Waals surface area contributed by atoms with Gasteiger partial charge in [-0.3, -0.25) is 0 Å². The zero-order chi connectivity index (χ0) is 47.8. The van der Waals surface area contributed by atoms with Crippen molar-refractivity contribution in [1.82, 2.24) is 0 Å². The maximum Gasteiger partial charge on any atom is 0.0714 e. The van der Waals surface area contributed by atoms with Crippen molar-refractivity contribution in [1.29, 1.82) is 0 Å². The van der Waals surface area contributed by atoms with Crippen LogP contribution in [-0.2, 0) is 5.41 Å². The standard InChI is InChI=1S/C71H49N/c1-5-21-50(22-6-1)62-32-15-16-34-67(62)70-63(52-23-7-2-8-24-52)36-20-37-64(70)54-41-45-58(46-42-54)72(57-43-39-53(40-44-57)61-35-19-26-51-25-13-14-31-60(51)61)59-47-48-66-65-33-17-18-38-68(65)71(69(66)49-59,55-27-9-3-10-28-55)56-29-11-4-12-30-56/h1-49H. The molecule has 0 atom stereocenters. The molecular formula is C71H49N. The summed E-state index contributed by atoms with van der Waals surface area (Å²) in [4.78, 5) is 2.44. The maximum atomic E-state index is 2.46. The molecule has 0 amide bonds. The lowest BCUT2D eigenvalue weighted by Crippen LogP contribution is -2.28. The lowest BCUT2D eigenvalue weighted by atomic mass is 9.67. The van der Waals surface area contributed by atoms with E-state index in [-0.39, 0.29) is 0 Å². The highest BCUT2D eigenvalue weighted by Crippen LogP contribution is 2.57. The molecule has 12 aromatic rings. The van der Waals surface area contributed by atoms with E-state index in [1.54, 1.807) is 0 Å². The van der Waals surface area contributed by atoms with Crippen LogP contribution in [0.25, 0.3) is 77.5 Å². The number of hydrogen-bond acceptors (Lipinski definition) is 1. The molecule has 0 bridgehead atoms. The van der Waals surface area contributed by atoms with Crippen molar-refractivity contribution in [3.63, 3.8) is 0 Å². The highest BCUT2D eigenvalue weighted by Gasteiger charge is 2.46. The fraction of sp³-hybridized carbons (Fsp3) is 0.0141. The van der Waals surface area contributed by atoms with Gasteiger partial charge in [0, 0.05) is 17.1 Å². The molecule has 0 N–H and O–H groups in total. The minimum atomic E-state index is -0.533. The molecule has 0 fully saturated rings. The summed E-state index contributed by atoms with van der Waals surface area (Å²) < 4.78 is 0. The van der Waals surface area contributed by atoms with Gasteiger partial charge in [0.2, 0.25) is 0 Å². The summed E-state index contributed by atoms with van der Waals surface area (Å²) in [6.07, 6.45) is 0. The lowest BCUT2D eigenvalue weighted by molar-refractivity contribution is 0.768. The number of fused-ring (bicyclic) bond motifs is 4. The predicted octanol–water partition coefficient (Wildman–Crippen LogP) is 19.0. The average molecular weight is 916 g/mol. The molecule has 13 rings (SSSR count). The molecule has 0 aliphatic heterocycles. The van der Waals surface area contributed by atoms with Gasteiger partial charge in [-0.25, -0.2) is 0 Å². The van der Waals surface area contributed by atoms with E-state index < -0.39 is 5.41 Å². The maximum absolute atomic E-state index is 2.46. The molecule has 1 heteroatoms. The zero-order valence-electron chi connectivity index (χ0n) is 39.7. The summed E-state index contributed by atoms with van der Waals surface area (Å²) in [6, 6.07) is 109. The van der Waals surface area contributed by atoms with Crippen molar-refractivity contribution in [2.45, 2.75) is 5.41 Å². The Morgan fingerprint density at radius 2 is 0.639 bits per heavy atom. The van der Waals surface area contributed by atoms with Gasteiger partial charge in [0.1, 0.15) is 0 Å². The molecular weight excluding hydrogens is 867 g/mol. The molecule has 1 nitrogen and oxygen atoms in total. The van der Waals surface area contributed by atoms with Crippen LogP contribution in [-0.4, -0.2) is 0 Å². The molecule has 0 heterocycles. The molecule has 1 aliphatic rings. The fourth-order valence-corrected chi connectivity index (χ4v) is 11.6. The number of nitrogens with zero attached hydrogens (tertiary/aromatic N) is 1.